The summed E-state index contributed by atoms with van der Waals surface area (Å²) in [7, 11) is 1.38. The third-order valence-electron chi connectivity index (χ3n) is 4.87. The second kappa shape index (κ2) is 5.26. The van der Waals surface area contributed by atoms with E-state index in [1.54, 1.807) is 0 Å². The second-order valence-corrected chi connectivity index (χ2v) is 6.90. The van der Waals surface area contributed by atoms with Gasteiger partial charge in [-0.1, -0.05) is 23.2 Å². The van der Waals surface area contributed by atoms with Crippen LogP contribution >= 0.6 is 23.2 Å². The second-order valence-electron chi connectivity index (χ2n) is 6.09. The van der Waals surface area contributed by atoms with Gasteiger partial charge in [-0.3, -0.25) is 14.4 Å². The largest absolute Gasteiger partial charge is 0.494 e. The molecule has 0 unspecified atom stereocenters. The van der Waals surface area contributed by atoms with Gasteiger partial charge in [0.25, 0.3) is 5.91 Å². The Morgan fingerprint density at radius 1 is 1.08 bits per heavy atom. The zero-order valence-corrected chi connectivity index (χ0v) is 14.0. The normalized spacial score (nSPS) is 27.5. The van der Waals surface area contributed by atoms with Gasteiger partial charge in [-0.25, -0.2) is 0 Å². The molecule has 1 amide bonds. The van der Waals surface area contributed by atoms with Gasteiger partial charge in [-0.15, -0.1) is 0 Å². The van der Waals surface area contributed by atoms with E-state index in [4.69, 9.17) is 27.9 Å². The van der Waals surface area contributed by atoms with Crippen LogP contribution in [0.4, 0.5) is 0 Å². The Labute approximate surface area is 146 Å². The molecule has 1 heterocycles. The fraction of sp³-hybridized carbons (Fsp3) is 0.400. The number of piperidine rings is 1. The predicted molar refractivity (Wildman–Crippen MR) is 83.7 cm³/mol. The van der Waals surface area contributed by atoms with Crippen LogP contribution in [0.3, 0.4) is 0 Å². The lowest BCUT2D eigenvalue weighted by atomic mass is 9.97. The maximum atomic E-state index is 12.6. The van der Waals surface area contributed by atoms with Gasteiger partial charge in [0.2, 0.25) is 0 Å². The van der Waals surface area contributed by atoms with Crippen molar-refractivity contribution in [3.63, 3.8) is 0 Å². The lowest BCUT2D eigenvalue weighted by molar-refractivity contribution is -0.151. The maximum Gasteiger partial charge on any atom is 0.312 e. The van der Waals surface area contributed by atoms with E-state index in [2.05, 4.69) is 0 Å². The molecule has 24 heavy (non-hydrogen) atoms. The lowest BCUT2D eigenvalue weighted by Crippen LogP contribution is -2.34. The van der Waals surface area contributed by atoms with E-state index in [9.17, 15) is 24.6 Å². The number of methoxy groups -OCH3 is 1. The first-order valence-electron chi connectivity index (χ1n) is 6.97. The van der Waals surface area contributed by atoms with E-state index < -0.39 is 28.7 Å². The van der Waals surface area contributed by atoms with Gasteiger partial charge in [0.05, 0.1) is 17.2 Å². The highest BCUT2D eigenvalue weighted by Gasteiger charge is 2.81. The summed E-state index contributed by atoms with van der Waals surface area (Å²) in [4.78, 5) is 36.9. The number of amides is 1. The summed E-state index contributed by atoms with van der Waals surface area (Å²) in [6.45, 7) is -0.316. The minimum absolute atomic E-state index is 0.0264. The number of hydrogen-bond acceptors (Lipinski definition) is 4. The maximum absolute atomic E-state index is 12.6. The quantitative estimate of drug-likeness (QED) is 0.836. The molecule has 1 aliphatic carbocycles. The molecule has 7 nitrogen and oxygen atoms in total. The van der Waals surface area contributed by atoms with Crippen molar-refractivity contribution in [2.45, 2.75) is 6.42 Å². The number of carbonyl (C=O) groups excluding carboxylic acids is 1. The summed E-state index contributed by atoms with van der Waals surface area (Å²) in [5.41, 5.74) is -2.70. The molecule has 2 N–H and O–H groups in total. The molecule has 2 atom stereocenters. The van der Waals surface area contributed by atoms with Crippen molar-refractivity contribution in [1.82, 2.24) is 4.90 Å². The van der Waals surface area contributed by atoms with Crippen LogP contribution in [0.1, 0.15) is 16.8 Å². The van der Waals surface area contributed by atoms with Crippen molar-refractivity contribution < 1.29 is 29.3 Å². The molecular weight excluding hydrogens is 361 g/mol. The van der Waals surface area contributed by atoms with Crippen molar-refractivity contribution in [2.24, 2.45) is 10.8 Å². The molecule has 1 aromatic carbocycles. The van der Waals surface area contributed by atoms with Crippen LogP contribution in [0, 0.1) is 10.8 Å². The molecule has 128 valence electrons. The van der Waals surface area contributed by atoms with E-state index in [1.165, 1.54) is 24.1 Å². The number of likely N-dealkylation sites (tertiary alicyclic amines) is 1. The molecule has 2 fully saturated rings. The van der Waals surface area contributed by atoms with Crippen LogP contribution in [0.25, 0.3) is 0 Å². The van der Waals surface area contributed by atoms with Crippen molar-refractivity contribution in [3.8, 4) is 5.75 Å². The van der Waals surface area contributed by atoms with E-state index in [0.717, 1.165) is 0 Å². The first-order chi connectivity index (χ1) is 11.2. The third-order valence-corrected chi connectivity index (χ3v) is 5.43. The Balaban J connectivity index is 1.91. The molecule has 1 saturated heterocycles. The van der Waals surface area contributed by atoms with Gasteiger partial charge in [0, 0.05) is 18.7 Å². The van der Waals surface area contributed by atoms with Crippen LogP contribution in [-0.4, -0.2) is 53.2 Å². The van der Waals surface area contributed by atoms with E-state index in [-0.39, 0.29) is 40.9 Å². The molecule has 0 radical (unpaired) electrons. The highest BCUT2D eigenvalue weighted by Crippen LogP contribution is 2.68. The standard InChI is InChI=1S/C15H13Cl2NO6/c1-24-10-8(16)2-7(3-9(10)17)11(19)18-5-14(12(20)21)4-15(14,6-18)13(22)23/h2-3H,4-6H2,1H3,(H,20,21)(H,22,23)/t14-,15+. The summed E-state index contributed by atoms with van der Waals surface area (Å²) in [6.07, 6.45) is 0.0264. The predicted octanol–water partition coefficient (Wildman–Crippen LogP) is 2.00. The van der Waals surface area contributed by atoms with Gasteiger partial charge in [-0.05, 0) is 18.6 Å². The number of carbonyl (C=O) groups is 3. The number of hydrogen-bond donors (Lipinski definition) is 2. The number of carboxylic acid groups (broad SMARTS) is 2. The molecular formula is C15H13Cl2NO6. The molecule has 0 aromatic heterocycles. The van der Waals surface area contributed by atoms with Gasteiger partial charge in [-0.2, -0.15) is 0 Å². The Morgan fingerprint density at radius 2 is 1.54 bits per heavy atom. The van der Waals surface area contributed by atoms with E-state index in [0.29, 0.717) is 0 Å². The van der Waals surface area contributed by atoms with Gasteiger partial charge < -0.3 is 19.8 Å². The first kappa shape index (κ1) is 16.9. The SMILES string of the molecule is COc1c(Cl)cc(C(=O)N2C[C@@]3(C(=O)O)C[C@@]3(C(=O)O)C2)cc1Cl. The monoisotopic (exact) mass is 373 g/mol. The third kappa shape index (κ3) is 2.08. The highest BCUT2D eigenvalue weighted by molar-refractivity contribution is 6.37. The molecule has 1 aliphatic heterocycles. The average Bonchev–Trinajstić information content (AvgIpc) is 3.05. The van der Waals surface area contributed by atoms with E-state index >= 15 is 0 Å². The van der Waals surface area contributed by atoms with Crippen LogP contribution in [0.15, 0.2) is 12.1 Å². The topological polar surface area (TPSA) is 104 Å². The summed E-state index contributed by atoms with van der Waals surface area (Å²) < 4.78 is 5.01. The van der Waals surface area contributed by atoms with E-state index in [1.807, 2.05) is 0 Å². The minimum atomic E-state index is -1.42. The fourth-order valence-corrected chi connectivity index (χ4v) is 4.13. The average molecular weight is 374 g/mol. The highest BCUT2D eigenvalue weighted by atomic mass is 35.5. The minimum Gasteiger partial charge on any atom is -0.494 e. The number of halogens is 2. The number of rotatable bonds is 4. The molecule has 0 bridgehead atoms. The number of benzene rings is 1. The number of ether oxygens (including phenoxy) is 1. The summed E-state index contributed by atoms with van der Waals surface area (Å²) in [5, 5.41) is 19.1. The smallest absolute Gasteiger partial charge is 0.312 e. The van der Waals surface area contributed by atoms with Crippen LogP contribution in [0.5, 0.6) is 5.75 Å². The molecule has 2 aliphatic rings. The van der Waals surface area contributed by atoms with Crippen molar-refractivity contribution in [3.05, 3.63) is 27.7 Å². The Hall–Kier alpha value is -1.99. The molecule has 1 aromatic rings. The van der Waals surface area contributed by atoms with Gasteiger partial charge >= 0.3 is 11.9 Å². The zero-order valence-electron chi connectivity index (χ0n) is 12.5. The molecule has 0 spiro atoms. The fourth-order valence-electron chi connectivity index (χ4n) is 3.49. The van der Waals surface area contributed by atoms with Crippen LogP contribution < -0.4 is 4.74 Å². The van der Waals surface area contributed by atoms with Crippen molar-refractivity contribution >= 4 is 41.0 Å². The Bertz CT molecular complexity index is 730. The summed E-state index contributed by atoms with van der Waals surface area (Å²) >= 11 is 12.0. The molecule has 3 rings (SSSR count). The molecule has 1 saturated carbocycles. The van der Waals surface area contributed by atoms with Gasteiger partial charge in [0.1, 0.15) is 10.8 Å². The number of carboxylic acids is 2. The summed E-state index contributed by atoms with van der Waals surface area (Å²) in [6, 6.07) is 2.72. The van der Waals surface area contributed by atoms with Crippen LogP contribution in [-0.2, 0) is 9.59 Å². The number of aliphatic carboxylic acids is 2. The Kier molecular flexibility index (Phi) is 3.69. The van der Waals surface area contributed by atoms with Crippen molar-refractivity contribution in [2.75, 3.05) is 20.2 Å². The number of nitrogens with zero attached hydrogens (tertiary/aromatic N) is 1. The lowest BCUT2D eigenvalue weighted by Gasteiger charge is -2.20. The van der Waals surface area contributed by atoms with Gasteiger partial charge in [0.15, 0.2) is 5.75 Å². The van der Waals surface area contributed by atoms with Crippen LogP contribution in [0.2, 0.25) is 10.0 Å². The molecule has 9 heteroatoms. The Morgan fingerprint density at radius 3 is 1.92 bits per heavy atom. The first-order valence-corrected chi connectivity index (χ1v) is 7.73. The zero-order chi connectivity index (χ0) is 17.9. The summed E-state index contributed by atoms with van der Waals surface area (Å²) in [5.74, 6) is -2.70. The number of fused-ring (bicyclic) bond motifs is 1. The van der Waals surface area contributed by atoms with Crippen molar-refractivity contribution in [1.29, 1.82) is 0 Å².